The maximum absolute atomic E-state index is 12.4. The van der Waals surface area contributed by atoms with Gasteiger partial charge in [-0.05, 0) is 30.2 Å². The minimum absolute atomic E-state index is 0.0395. The van der Waals surface area contributed by atoms with Crippen LogP contribution < -0.4 is 0 Å². The summed E-state index contributed by atoms with van der Waals surface area (Å²) < 4.78 is 0. The molecule has 1 nitrogen and oxygen atoms in total. The molecule has 1 aliphatic heterocycles. The second kappa shape index (κ2) is 4.79. The number of Topliss-reactive ketones (excluding diaryl/α,β-unsaturated/α-hetero) is 1. The largest absolute Gasteiger partial charge is 0.293 e. The Labute approximate surface area is 115 Å². The molecule has 3 rings (SSSR count). The summed E-state index contributed by atoms with van der Waals surface area (Å²) in [6.07, 6.45) is 0.797. The number of fused-ring (bicyclic) bond motifs is 1. The fraction of sp³-hybridized carbons (Fsp3) is 0.133. The lowest BCUT2D eigenvalue weighted by atomic mass is 10.0. The Bertz CT molecular complexity index is 584. The minimum atomic E-state index is -0.0395. The average molecular weight is 275 g/mol. The Balaban J connectivity index is 1.87. The SMILES string of the molecule is O=C(c1ccccc1Cl)C1Cc2ccccc2S1. The van der Waals surface area contributed by atoms with Gasteiger partial charge in [-0.1, -0.05) is 41.9 Å². The molecule has 1 heterocycles. The molecule has 0 spiro atoms. The second-order valence-corrected chi connectivity index (χ2v) is 5.91. The van der Waals surface area contributed by atoms with Crippen molar-refractivity contribution >= 4 is 29.1 Å². The summed E-state index contributed by atoms with van der Waals surface area (Å²) in [5.41, 5.74) is 1.89. The molecule has 1 unspecified atom stereocenters. The van der Waals surface area contributed by atoms with Gasteiger partial charge in [-0.2, -0.15) is 0 Å². The molecule has 0 radical (unpaired) electrons. The zero-order valence-corrected chi connectivity index (χ0v) is 11.2. The predicted molar refractivity (Wildman–Crippen MR) is 75.6 cm³/mol. The first-order valence-electron chi connectivity index (χ1n) is 5.79. The highest BCUT2D eigenvalue weighted by molar-refractivity contribution is 8.01. The lowest BCUT2D eigenvalue weighted by molar-refractivity contribution is 0.0990. The third-order valence-corrected chi connectivity index (χ3v) is 4.73. The summed E-state index contributed by atoms with van der Waals surface area (Å²) in [5, 5.41) is 0.501. The molecule has 0 saturated heterocycles. The van der Waals surface area contributed by atoms with Gasteiger partial charge < -0.3 is 0 Å². The first-order valence-corrected chi connectivity index (χ1v) is 7.05. The van der Waals surface area contributed by atoms with Gasteiger partial charge in [-0.25, -0.2) is 0 Å². The summed E-state index contributed by atoms with van der Waals surface area (Å²) in [7, 11) is 0. The topological polar surface area (TPSA) is 17.1 Å². The third-order valence-electron chi connectivity index (χ3n) is 3.08. The van der Waals surface area contributed by atoms with E-state index in [1.54, 1.807) is 23.9 Å². The van der Waals surface area contributed by atoms with Crippen molar-refractivity contribution in [2.45, 2.75) is 16.6 Å². The van der Waals surface area contributed by atoms with Gasteiger partial charge in [-0.3, -0.25) is 4.79 Å². The lowest BCUT2D eigenvalue weighted by Gasteiger charge is -2.08. The van der Waals surface area contributed by atoms with Crippen molar-refractivity contribution < 1.29 is 4.79 Å². The van der Waals surface area contributed by atoms with Crippen LogP contribution in [0.15, 0.2) is 53.4 Å². The Morgan fingerprint density at radius 1 is 1.11 bits per heavy atom. The molecule has 0 bridgehead atoms. The van der Waals surface area contributed by atoms with Gasteiger partial charge in [-0.15, -0.1) is 11.8 Å². The van der Waals surface area contributed by atoms with Crippen molar-refractivity contribution in [3.05, 3.63) is 64.7 Å². The normalized spacial score (nSPS) is 17.5. The van der Waals surface area contributed by atoms with Gasteiger partial charge in [0, 0.05) is 10.5 Å². The van der Waals surface area contributed by atoms with E-state index in [0.29, 0.717) is 10.6 Å². The number of ketones is 1. The minimum Gasteiger partial charge on any atom is -0.293 e. The smallest absolute Gasteiger partial charge is 0.177 e. The molecule has 1 atom stereocenters. The fourth-order valence-electron chi connectivity index (χ4n) is 2.16. The third kappa shape index (κ3) is 2.06. The van der Waals surface area contributed by atoms with Gasteiger partial charge >= 0.3 is 0 Å². The van der Waals surface area contributed by atoms with E-state index in [2.05, 4.69) is 12.1 Å². The second-order valence-electron chi connectivity index (χ2n) is 4.26. The van der Waals surface area contributed by atoms with Crippen LogP contribution in [0.4, 0.5) is 0 Å². The van der Waals surface area contributed by atoms with Crippen LogP contribution in [0.5, 0.6) is 0 Å². The van der Waals surface area contributed by atoms with Crippen LogP contribution in [0.1, 0.15) is 15.9 Å². The van der Waals surface area contributed by atoms with Crippen molar-refractivity contribution in [1.82, 2.24) is 0 Å². The van der Waals surface area contributed by atoms with E-state index in [1.165, 1.54) is 10.5 Å². The summed E-state index contributed by atoms with van der Waals surface area (Å²) in [4.78, 5) is 13.6. The summed E-state index contributed by atoms with van der Waals surface area (Å²) in [6, 6.07) is 15.4. The number of thioether (sulfide) groups is 1. The highest BCUT2D eigenvalue weighted by Crippen LogP contribution is 2.38. The Morgan fingerprint density at radius 2 is 1.83 bits per heavy atom. The first-order chi connectivity index (χ1) is 8.75. The monoisotopic (exact) mass is 274 g/mol. The lowest BCUT2D eigenvalue weighted by Crippen LogP contribution is -2.16. The van der Waals surface area contributed by atoms with Crippen molar-refractivity contribution in [3.8, 4) is 0 Å². The van der Waals surface area contributed by atoms with Crippen LogP contribution in [0.25, 0.3) is 0 Å². The van der Waals surface area contributed by atoms with E-state index >= 15 is 0 Å². The quantitative estimate of drug-likeness (QED) is 0.762. The van der Waals surface area contributed by atoms with E-state index in [0.717, 1.165) is 6.42 Å². The highest BCUT2D eigenvalue weighted by Gasteiger charge is 2.29. The molecule has 18 heavy (non-hydrogen) atoms. The van der Waals surface area contributed by atoms with Crippen LogP contribution in [0.3, 0.4) is 0 Å². The van der Waals surface area contributed by atoms with Gasteiger partial charge in [0.25, 0.3) is 0 Å². The molecular weight excluding hydrogens is 264 g/mol. The number of halogens is 1. The summed E-state index contributed by atoms with van der Waals surface area (Å²) >= 11 is 7.72. The number of carbonyl (C=O) groups is 1. The molecule has 0 fully saturated rings. The van der Waals surface area contributed by atoms with E-state index in [4.69, 9.17) is 11.6 Å². The van der Waals surface area contributed by atoms with Gasteiger partial charge in [0.05, 0.1) is 10.3 Å². The number of carbonyl (C=O) groups excluding carboxylic acids is 1. The number of benzene rings is 2. The fourth-order valence-corrected chi connectivity index (χ4v) is 3.65. The zero-order valence-electron chi connectivity index (χ0n) is 9.60. The molecule has 0 amide bonds. The molecule has 0 aliphatic carbocycles. The van der Waals surface area contributed by atoms with Crippen molar-refractivity contribution in [2.75, 3.05) is 0 Å². The highest BCUT2D eigenvalue weighted by atomic mass is 35.5. The zero-order chi connectivity index (χ0) is 12.5. The van der Waals surface area contributed by atoms with Crippen LogP contribution in [0.2, 0.25) is 5.02 Å². The van der Waals surface area contributed by atoms with Crippen LogP contribution >= 0.6 is 23.4 Å². The Hall–Kier alpha value is -1.25. The number of hydrogen-bond acceptors (Lipinski definition) is 2. The molecule has 1 aliphatic rings. The van der Waals surface area contributed by atoms with Gasteiger partial charge in [0.15, 0.2) is 5.78 Å². The number of rotatable bonds is 2. The van der Waals surface area contributed by atoms with Crippen molar-refractivity contribution in [1.29, 1.82) is 0 Å². The van der Waals surface area contributed by atoms with Crippen molar-refractivity contribution in [3.63, 3.8) is 0 Å². The van der Waals surface area contributed by atoms with Crippen LogP contribution in [-0.4, -0.2) is 11.0 Å². The van der Waals surface area contributed by atoms with Gasteiger partial charge in [0.2, 0.25) is 0 Å². The molecule has 0 saturated carbocycles. The molecule has 90 valence electrons. The van der Waals surface area contributed by atoms with E-state index in [9.17, 15) is 4.79 Å². The predicted octanol–water partition coefficient (Wildman–Crippen LogP) is 4.24. The molecule has 0 aromatic heterocycles. The first kappa shape index (κ1) is 11.8. The Kier molecular flexibility index (Phi) is 3.14. The van der Waals surface area contributed by atoms with Crippen molar-refractivity contribution in [2.24, 2.45) is 0 Å². The average Bonchev–Trinajstić information content (AvgIpc) is 2.82. The van der Waals surface area contributed by atoms with Crippen LogP contribution in [-0.2, 0) is 6.42 Å². The standard InChI is InChI=1S/C15H11ClOS/c16-12-7-3-2-6-11(12)15(17)14-9-10-5-1-4-8-13(10)18-14/h1-8,14H,9H2. The summed E-state index contributed by atoms with van der Waals surface area (Å²) in [5.74, 6) is 0.127. The molecule has 3 heteroatoms. The molecular formula is C15H11ClOS. The summed E-state index contributed by atoms with van der Waals surface area (Å²) in [6.45, 7) is 0. The van der Waals surface area contributed by atoms with E-state index in [-0.39, 0.29) is 11.0 Å². The van der Waals surface area contributed by atoms with Crippen LogP contribution in [0, 0.1) is 0 Å². The molecule has 2 aromatic carbocycles. The Morgan fingerprint density at radius 3 is 2.61 bits per heavy atom. The maximum atomic E-state index is 12.4. The molecule has 2 aromatic rings. The van der Waals surface area contributed by atoms with E-state index in [1.807, 2.05) is 24.3 Å². The van der Waals surface area contributed by atoms with Gasteiger partial charge in [0.1, 0.15) is 0 Å². The maximum Gasteiger partial charge on any atom is 0.177 e. The van der Waals surface area contributed by atoms with E-state index < -0.39 is 0 Å². The molecule has 0 N–H and O–H groups in total. The number of hydrogen-bond donors (Lipinski definition) is 0.